The number of ether oxygens (including phenoxy) is 1. The molecule has 0 radical (unpaired) electrons. The molecule has 0 bridgehead atoms. The van der Waals surface area contributed by atoms with E-state index < -0.39 is 27.6 Å². The lowest BCUT2D eigenvalue weighted by atomic mass is 9.85. The Balaban J connectivity index is 1.21. The van der Waals surface area contributed by atoms with Gasteiger partial charge in [-0.1, -0.05) is 17.7 Å². The van der Waals surface area contributed by atoms with Gasteiger partial charge in [0.15, 0.2) is 0 Å². The molecule has 2 aromatic carbocycles. The molecule has 0 spiro atoms. The smallest absolute Gasteiger partial charge is 0.232 e. The highest BCUT2D eigenvalue weighted by molar-refractivity contribution is 7.92. The Bertz CT molecular complexity index is 1490. The second-order valence-electron chi connectivity index (χ2n) is 13.2. The van der Waals surface area contributed by atoms with E-state index in [1.807, 2.05) is 24.0 Å². The van der Waals surface area contributed by atoms with Gasteiger partial charge in [0, 0.05) is 69.0 Å². The summed E-state index contributed by atoms with van der Waals surface area (Å²) >= 11 is 6.58. The number of benzene rings is 2. The Hall–Kier alpha value is -2.27. The molecule has 2 aromatic rings. The minimum atomic E-state index is -3.49. The maximum Gasteiger partial charge on any atom is 0.232 e. The Labute approximate surface area is 264 Å². The minimum absolute atomic E-state index is 0.000363. The van der Waals surface area contributed by atoms with Gasteiger partial charge < -0.3 is 9.64 Å². The van der Waals surface area contributed by atoms with Crippen LogP contribution in [0.2, 0.25) is 5.02 Å². The number of sulfonamides is 1. The fraction of sp³-hybridized carbons (Fsp3) is 0.606. The first-order chi connectivity index (χ1) is 21.0. The van der Waals surface area contributed by atoms with Crippen LogP contribution in [0.1, 0.15) is 67.1 Å². The van der Waals surface area contributed by atoms with E-state index >= 15 is 4.39 Å². The zero-order valence-electron chi connectivity index (χ0n) is 25.5. The fourth-order valence-electron chi connectivity index (χ4n) is 7.37. The lowest BCUT2D eigenvalue weighted by Gasteiger charge is -2.37. The van der Waals surface area contributed by atoms with Gasteiger partial charge in [0.1, 0.15) is 11.6 Å². The van der Waals surface area contributed by atoms with Crippen LogP contribution in [0.5, 0.6) is 0 Å². The molecule has 6 rings (SSSR count). The van der Waals surface area contributed by atoms with Crippen molar-refractivity contribution < 1.29 is 26.7 Å². The number of aryl methyl sites for hydroxylation is 1. The molecular formula is C33H42ClF2N3O4S. The number of anilines is 1. The number of nitrogens with zero attached hydrogens (tertiary/aromatic N) is 3. The molecule has 3 saturated heterocycles. The highest BCUT2D eigenvalue weighted by Crippen LogP contribution is 2.42. The molecule has 2 unspecified atom stereocenters. The van der Waals surface area contributed by atoms with E-state index in [0.717, 1.165) is 42.9 Å². The molecular weight excluding hydrogens is 608 g/mol. The molecule has 4 fully saturated rings. The van der Waals surface area contributed by atoms with E-state index in [1.54, 1.807) is 4.31 Å². The highest BCUT2D eigenvalue weighted by atomic mass is 35.5. The summed E-state index contributed by atoms with van der Waals surface area (Å²) < 4.78 is 61.8. The first-order valence-electron chi connectivity index (χ1n) is 15.8. The van der Waals surface area contributed by atoms with E-state index in [4.69, 9.17) is 16.3 Å². The standard InChI is InChI=1S/C33H42ClF2N3O4S/c1-21-15-32(39(44(2,41)42)18-22-3-4-22)27(17-30(21)34)23-7-11-37(12-8-23)33(40)29-20-38(25-9-13-43-14-10-25)19-28(29)26-6-5-24(35)16-31(26)36/h5-6,15-17,22-23,25,28-29H,3-4,7-14,18-20H2,1-2H3. The maximum absolute atomic E-state index is 15.1. The molecule has 4 aliphatic rings. The van der Waals surface area contributed by atoms with Crippen LogP contribution in [0.25, 0.3) is 0 Å². The van der Waals surface area contributed by atoms with Crippen LogP contribution >= 0.6 is 11.6 Å². The third kappa shape index (κ3) is 6.78. The number of rotatable bonds is 8. The molecule has 3 heterocycles. The van der Waals surface area contributed by atoms with Crippen molar-refractivity contribution in [2.45, 2.75) is 63.3 Å². The quantitative estimate of drug-likeness (QED) is 0.367. The van der Waals surface area contributed by atoms with Gasteiger partial charge in [-0.15, -0.1) is 0 Å². The number of halogens is 3. The Morgan fingerprint density at radius 2 is 1.70 bits per heavy atom. The molecule has 0 N–H and O–H groups in total. The van der Waals surface area contributed by atoms with Crippen molar-refractivity contribution in [1.82, 2.24) is 9.80 Å². The molecule has 2 atom stereocenters. The van der Waals surface area contributed by atoms with Crippen molar-refractivity contribution in [3.05, 3.63) is 63.7 Å². The first-order valence-corrected chi connectivity index (χ1v) is 18.1. The second kappa shape index (κ2) is 12.9. The topological polar surface area (TPSA) is 70.2 Å². The molecule has 1 aliphatic carbocycles. The van der Waals surface area contributed by atoms with Gasteiger partial charge in [-0.3, -0.25) is 14.0 Å². The van der Waals surface area contributed by atoms with Gasteiger partial charge >= 0.3 is 0 Å². The van der Waals surface area contributed by atoms with E-state index in [0.29, 0.717) is 81.0 Å². The summed E-state index contributed by atoms with van der Waals surface area (Å²) in [6.07, 6.45) is 6.41. The van der Waals surface area contributed by atoms with Crippen LogP contribution in [-0.2, 0) is 19.6 Å². The Morgan fingerprint density at radius 3 is 2.34 bits per heavy atom. The Kier molecular flexibility index (Phi) is 9.26. The van der Waals surface area contributed by atoms with Crippen molar-refractivity contribution in [2.75, 3.05) is 56.5 Å². The predicted octanol–water partition coefficient (Wildman–Crippen LogP) is 5.70. The SMILES string of the molecule is Cc1cc(N(CC2CC2)S(C)(=O)=O)c(C2CCN(C(=O)C3CN(C4CCOCC4)CC3c3ccc(F)cc3F)CC2)cc1Cl. The van der Waals surface area contributed by atoms with Crippen molar-refractivity contribution in [3.8, 4) is 0 Å². The van der Waals surface area contributed by atoms with Crippen LogP contribution in [-0.4, -0.2) is 82.4 Å². The summed E-state index contributed by atoms with van der Waals surface area (Å²) in [5, 5.41) is 0.602. The van der Waals surface area contributed by atoms with Crippen molar-refractivity contribution in [1.29, 1.82) is 0 Å². The van der Waals surface area contributed by atoms with Crippen LogP contribution in [0.3, 0.4) is 0 Å². The van der Waals surface area contributed by atoms with Gasteiger partial charge in [0.25, 0.3) is 0 Å². The van der Waals surface area contributed by atoms with E-state index in [-0.39, 0.29) is 23.8 Å². The summed E-state index contributed by atoms with van der Waals surface area (Å²) in [6, 6.07) is 7.76. The van der Waals surface area contributed by atoms with Crippen LogP contribution in [0.4, 0.5) is 14.5 Å². The lowest BCUT2D eigenvalue weighted by molar-refractivity contribution is -0.136. The number of likely N-dealkylation sites (tertiary alicyclic amines) is 2. The third-order valence-corrected chi connectivity index (χ3v) is 11.6. The lowest BCUT2D eigenvalue weighted by Crippen LogP contribution is -2.44. The predicted molar refractivity (Wildman–Crippen MR) is 168 cm³/mol. The van der Waals surface area contributed by atoms with E-state index in [1.165, 1.54) is 18.4 Å². The third-order valence-electron chi connectivity index (χ3n) is 10.1. The first kappa shape index (κ1) is 31.7. The number of piperidine rings is 1. The van der Waals surface area contributed by atoms with Gasteiger partial charge in [0.2, 0.25) is 15.9 Å². The van der Waals surface area contributed by atoms with Crippen molar-refractivity contribution in [2.24, 2.45) is 11.8 Å². The summed E-state index contributed by atoms with van der Waals surface area (Å²) in [5.74, 6) is -1.61. The van der Waals surface area contributed by atoms with Crippen LogP contribution in [0, 0.1) is 30.4 Å². The number of amides is 1. The minimum Gasteiger partial charge on any atom is -0.381 e. The van der Waals surface area contributed by atoms with Crippen molar-refractivity contribution in [3.63, 3.8) is 0 Å². The molecule has 7 nitrogen and oxygen atoms in total. The van der Waals surface area contributed by atoms with Crippen LogP contribution < -0.4 is 4.31 Å². The number of carbonyl (C=O) groups is 1. The molecule has 3 aliphatic heterocycles. The van der Waals surface area contributed by atoms with E-state index in [2.05, 4.69) is 4.90 Å². The maximum atomic E-state index is 15.1. The monoisotopic (exact) mass is 649 g/mol. The molecule has 0 aromatic heterocycles. The molecule has 1 amide bonds. The largest absolute Gasteiger partial charge is 0.381 e. The number of hydrogen-bond acceptors (Lipinski definition) is 5. The zero-order chi connectivity index (χ0) is 31.2. The molecule has 1 saturated carbocycles. The molecule has 240 valence electrons. The Morgan fingerprint density at radius 1 is 1.00 bits per heavy atom. The van der Waals surface area contributed by atoms with Gasteiger partial charge in [0.05, 0.1) is 17.9 Å². The fourth-order valence-corrected chi connectivity index (χ4v) is 8.54. The summed E-state index contributed by atoms with van der Waals surface area (Å²) in [5.41, 5.74) is 2.83. The number of hydrogen-bond donors (Lipinski definition) is 0. The molecule has 11 heteroatoms. The summed E-state index contributed by atoms with van der Waals surface area (Å²) in [4.78, 5) is 18.3. The van der Waals surface area contributed by atoms with Crippen LogP contribution in [0.15, 0.2) is 30.3 Å². The zero-order valence-corrected chi connectivity index (χ0v) is 27.1. The van der Waals surface area contributed by atoms with Gasteiger partial charge in [-0.2, -0.15) is 0 Å². The summed E-state index contributed by atoms with van der Waals surface area (Å²) in [6.45, 7) is 5.82. The van der Waals surface area contributed by atoms with Gasteiger partial charge in [-0.05, 0) is 92.2 Å². The van der Waals surface area contributed by atoms with Crippen molar-refractivity contribution >= 4 is 33.2 Å². The van der Waals surface area contributed by atoms with E-state index in [9.17, 15) is 17.6 Å². The highest BCUT2D eigenvalue weighted by Gasteiger charge is 2.44. The second-order valence-corrected chi connectivity index (χ2v) is 15.5. The number of carbonyl (C=O) groups excluding carboxylic acids is 1. The average molecular weight is 650 g/mol. The normalized spacial score (nSPS) is 24.2. The summed E-state index contributed by atoms with van der Waals surface area (Å²) in [7, 11) is -3.49. The van der Waals surface area contributed by atoms with Gasteiger partial charge in [-0.25, -0.2) is 17.2 Å². The average Bonchev–Trinajstić information content (AvgIpc) is 3.72. The molecule has 44 heavy (non-hydrogen) atoms.